The highest BCUT2D eigenvalue weighted by Crippen LogP contribution is 2.42. The van der Waals surface area contributed by atoms with Crippen molar-refractivity contribution in [3.8, 4) is 0 Å². The van der Waals surface area contributed by atoms with Gasteiger partial charge in [-0.2, -0.15) is 35.1 Å². The maximum Gasteiger partial charge on any atom is 0.466 e. The van der Waals surface area contributed by atoms with E-state index in [9.17, 15) is 57.7 Å². The number of halogens is 8. The third-order valence-corrected chi connectivity index (χ3v) is 4.32. The summed E-state index contributed by atoms with van der Waals surface area (Å²) in [6, 6.07) is 0. The summed E-state index contributed by atoms with van der Waals surface area (Å²) in [6.45, 7) is 1.77. The zero-order valence-corrected chi connectivity index (χ0v) is 16.3. The molecule has 1 unspecified atom stereocenters. The Bertz CT molecular complexity index is 784. The molecule has 0 saturated heterocycles. The maximum atomic E-state index is 13.4. The van der Waals surface area contributed by atoms with Crippen LogP contribution in [0.2, 0.25) is 0 Å². The number of rotatable bonds is 12. The summed E-state index contributed by atoms with van der Waals surface area (Å²) in [5.74, 6) is -16.3. The number of nitrogens with one attached hydrogen (secondary N) is 1. The SMILES string of the molecule is C=C(F)C(=O)OC(OCCCCC(F)(F)C(F)(F)S(=O)(=O)[O-])(C(=O)NCC)C(F)(F)F. The van der Waals surface area contributed by atoms with E-state index in [4.69, 9.17) is 0 Å². The molecular weight excluding hydrogens is 478 g/mol. The van der Waals surface area contributed by atoms with E-state index < -0.39 is 83.4 Å². The number of hydrogen-bond donors (Lipinski definition) is 1. The minimum Gasteiger partial charge on any atom is -0.743 e. The van der Waals surface area contributed by atoms with Crippen molar-refractivity contribution in [3.63, 3.8) is 0 Å². The fourth-order valence-electron chi connectivity index (χ4n) is 1.87. The first kappa shape index (κ1) is 29.0. The van der Waals surface area contributed by atoms with Gasteiger partial charge in [0.15, 0.2) is 10.1 Å². The van der Waals surface area contributed by atoms with Crippen LogP contribution in [0.1, 0.15) is 26.2 Å². The Balaban J connectivity index is 5.44. The molecule has 8 nitrogen and oxygen atoms in total. The third-order valence-electron chi connectivity index (χ3n) is 3.40. The predicted molar refractivity (Wildman–Crippen MR) is 83.2 cm³/mol. The molecular formula is C14H16F8NO7S-. The lowest BCUT2D eigenvalue weighted by Crippen LogP contribution is -2.61. The summed E-state index contributed by atoms with van der Waals surface area (Å²) < 4.78 is 144. The summed E-state index contributed by atoms with van der Waals surface area (Å²) in [5.41, 5.74) is 0. The number of esters is 1. The van der Waals surface area contributed by atoms with Gasteiger partial charge in [-0.25, -0.2) is 13.2 Å². The fraction of sp³-hybridized carbons (Fsp3) is 0.714. The van der Waals surface area contributed by atoms with Crippen LogP contribution < -0.4 is 5.32 Å². The van der Waals surface area contributed by atoms with Crippen LogP contribution in [0.5, 0.6) is 0 Å². The quantitative estimate of drug-likeness (QED) is 0.110. The van der Waals surface area contributed by atoms with Crippen LogP contribution in [0, 0.1) is 0 Å². The second-order valence-electron chi connectivity index (χ2n) is 5.75. The van der Waals surface area contributed by atoms with E-state index in [0.717, 1.165) is 6.92 Å². The molecule has 0 aliphatic heterocycles. The Labute approximate surface area is 170 Å². The van der Waals surface area contributed by atoms with Gasteiger partial charge < -0.3 is 19.3 Å². The number of likely N-dealkylation sites (N-methyl/N-ethyl adjacent to an activating group) is 1. The summed E-state index contributed by atoms with van der Waals surface area (Å²) in [5, 5.41) is -4.39. The van der Waals surface area contributed by atoms with Crippen LogP contribution in [0.15, 0.2) is 12.4 Å². The first-order chi connectivity index (χ1) is 13.8. The molecule has 182 valence electrons. The molecule has 31 heavy (non-hydrogen) atoms. The Hall–Kier alpha value is -2.01. The van der Waals surface area contributed by atoms with Crippen LogP contribution in [-0.4, -0.2) is 61.1 Å². The van der Waals surface area contributed by atoms with E-state index in [2.05, 4.69) is 16.1 Å². The lowest BCUT2D eigenvalue weighted by Gasteiger charge is -2.33. The van der Waals surface area contributed by atoms with Crippen molar-refractivity contribution in [2.45, 2.75) is 49.3 Å². The summed E-state index contributed by atoms with van der Waals surface area (Å²) in [7, 11) is -6.75. The van der Waals surface area contributed by atoms with Crippen molar-refractivity contribution < 1.29 is 67.2 Å². The highest BCUT2D eigenvalue weighted by atomic mass is 32.2. The summed E-state index contributed by atoms with van der Waals surface area (Å²) in [6.07, 6.45) is -9.84. The lowest BCUT2D eigenvalue weighted by molar-refractivity contribution is -0.347. The van der Waals surface area contributed by atoms with Gasteiger partial charge in [-0.3, -0.25) is 4.79 Å². The molecule has 0 aromatic carbocycles. The first-order valence-corrected chi connectivity index (χ1v) is 9.45. The number of carbonyl (C=O) groups is 2. The largest absolute Gasteiger partial charge is 0.743 e. The molecule has 0 radical (unpaired) electrons. The number of carbonyl (C=O) groups excluding carboxylic acids is 2. The molecule has 0 aliphatic carbocycles. The predicted octanol–water partition coefficient (Wildman–Crippen LogP) is 2.37. The highest BCUT2D eigenvalue weighted by Gasteiger charge is 2.66. The smallest absolute Gasteiger partial charge is 0.466 e. The van der Waals surface area contributed by atoms with E-state index in [1.165, 1.54) is 0 Å². The average molecular weight is 494 g/mol. The third kappa shape index (κ3) is 6.73. The molecule has 17 heteroatoms. The van der Waals surface area contributed by atoms with E-state index in [0.29, 0.717) is 0 Å². The van der Waals surface area contributed by atoms with Gasteiger partial charge in [0.2, 0.25) is 5.83 Å². The van der Waals surface area contributed by atoms with E-state index in [-0.39, 0.29) is 0 Å². The van der Waals surface area contributed by atoms with Crippen molar-refractivity contribution in [3.05, 3.63) is 12.4 Å². The Morgan fingerprint density at radius 1 is 1.06 bits per heavy atom. The highest BCUT2D eigenvalue weighted by molar-refractivity contribution is 7.86. The minimum atomic E-state index is -6.75. The minimum absolute atomic E-state index is 0.445. The fourth-order valence-corrected chi connectivity index (χ4v) is 2.33. The van der Waals surface area contributed by atoms with Crippen LogP contribution in [0.3, 0.4) is 0 Å². The Kier molecular flexibility index (Phi) is 9.42. The van der Waals surface area contributed by atoms with Crippen LogP contribution >= 0.6 is 0 Å². The molecule has 0 aliphatic rings. The Morgan fingerprint density at radius 2 is 1.58 bits per heavy atom. The zero-order valence-electron chi connectivity index (χ0n) is 15.5. The number of hydrogen-bond acceptors (Lipinski definition) is 7. The van der Waals surface area contributed by atoms with E-state index >= 15 is 0 Å². The molecule has 0 fully saturated rings. The van der Waals surface area contributed by atoms with Crippen LogP contribution in [0.25, 0.3) is 0 Å². The van der Waals surface area contributed by atoms with Crippen LogP contribution in [0.4, 0.5) is 35.1 Å². The second kappa shape index (κ2) is 10.1. The van der Waals surface area contributed by atoms with Gasteiger partial charge >= 0.3 is 35.0 Å². The standard InChI is InChI=1S/C14H17F8NO7S/c1-3-23-10(25)12(13(18,19)20,30-9(24)8(2)15)29-7-5-4-6-11(16,17)14(21,22)31(26,27)28/h2-7H2,1H3,(H,23,25)(H,26,27,28)/p-1. The van der Waals surface area contributed by atoms with Crippen molar-refractivity contribution in [2.24, 2.45) is 0 Å². The van der Waals surface area contributed by atoms with Crippen molar-refractivity contribution in [1.82, 2.24) is 5.32 Å². The molecule has 0 rings (SSSR count). The summed E-state index contributed by atoms with van der Waals surface area (Å²) in [4.78, 5) is 23.0. The Morgan fingerprint density at radius 3 is 1.97 bits per heavy atom. The van der Waals surface area contributed by atoms with Crippen molar-refractivity contribution in [1.29, 1.82) is 0 Å². The van der Waals surface area contributed by atoms with E-state index in [1.54, 1.807) is 5.32 Å². The van der Waals surface area contributed by atoms with Gasteiger partial charge in [-0.05, 0) is 19.8 Å². The van der Waals surface area contributed by atoms with Crippen LogP contribution in [-0.2, 0) is 29.2 Å². The van der Waals surface area contributed by atoms with Gasteiger partial charge in [0.05, 0.1) is 6.61 Å². The topological polar surface area (TPSA) is 122 Å². The average Bonchev–Trinajstić information content (AvgIpc) is 2.57. The second-order valence-corrected chi connectivity index (χ2v) is 7.17. The maximum absolute atomic E-state index is 13.4. The molecule has 1 N–H and O–H groups in total. The molecule has 0 bridgehead atoms. The molecule has 0 saturated carbocycles. The lowest BCUT2D eigenvalue weighted by atomic mass is 10.1. The molecule has 1 amide bonds. The number of alkyl halides is 7. The van der Waals surface area contributed by atoms with Gasteiger partial charge in [0.1, 0.15) is 0 Å². The first-order valence-electron chi connectivity index (χ1n) is 8.04. The van der Waals surface area contributed by atoms with Crippen molar-refractivity contribution in [2.75, 3.05) is 13.2 Å². The molecule has 1 atom stereocenters. The van der Waals surface area contributed by atoms with Crippen molar-refractivity contribution >= 4 is 22.0 Å². The number of amides is 1. The number of unbranched alkanes of at least 4 members (excludes halogenated alkanes) is 1. The van der Waals surface area contributed by atoms with Gasteiger partial charge in [0.25, 0.3) is 0 Å². The van der Waals surface area contributed by atoms with Gasteiger partial charge in [-0.15, -0.1) is 0 Å². The zero-order chi connectivity index (χ0) is 24.9. The molecule has 0 aromatic heterocycles. The molecule has 0 spiro atoms. The number of ether oxygens (including phenoxy) is 2. The monoisotopic (exact) mass is 494 g/mol. The van der Waals surface area contributed by atoms with Gasteiger partial charge in [0, 0.05) is 13.0 Å². The van der Waals surface area contributed by atoms with Gasteiger partial charge in [-0.1, -0.05) is 6.58 Å². The molecule has 0 heterocycles. The normalized spacial score (nSPS) is 15.2. The summed E-state index contributed by atoms with van der Waals surface area (Å²) >= 11 is 0. The van der Waals surface area contributed by atoms with E-state index in [1.807, 2.05) is 0 Å². The molecule has 0 aromatic rings.